The second-order valence-corrected chi connectivity index (χ2v) is 7.55. The van der Waals surface area contributed by atoms with Crippen molar-refractivity contribution in [3.63, 3.8) is 0 Å². The Kier molecular flexibility index (Phi) is 4.17. The standard InChI is InChI=1S/C16H19Cl2NO2/c17-16(18)10-13(16)15(21)19-8-4-7-12(19)9-14(20)11-5-2-1-3-6-11/h1-3,5-6,12-14,20H,4,7-10H2. The first-order valence-corrected chi connectivity index (χ1v) is 8.16. The van der Waals surface area contributed by atoms with Gasteiger partial charge in [0.25, 0.3) is 0 Å². The number of rotatable bonds is 4. The number of nitrogens with zero attached hydrogens (tertiary/aromatic N) is 1. The van der Waals surface area contributed by atoms with Crippen molar-refractivity contribution >= 4 is 29.1 Å². The van der Waals surface area contributed by atoms with Crippen LogP contribution in [-0.2, 0) is 4.79 Å². The molecule has 1 heterocycles. The molecular formula is C16H19Cl2NO2. The molecule has 3 rings (SSSR count). The molecule has 1 saturated heterocycles. The van der Waals surface area contributed by atoms with Crippen LogP contribution >= 0.6 is 23.2 Å². The topological polar surface area (TPSA) is 40.5 Å². The second kappa shape index (κ2) is 5.79. The highest BCUT2D eigenvalue weighted by Crippen LogP contribution is 2.54. The lowest BCUT2D eigenvalue weighted by atomic mass is 10.0. The van der Waals surface area contributed by atoms with Crippen molar-refractivity contribution in [3.8, 4) is 0 Å². The van der Waals surface area contributed by atoms with Gasteiger partial charge in [-0.05, 0) is 31.2 Å². The van der Waals surface area contributed by atoms with Crippen LogP contribution in [0.1, 0.15) is 37.4 Å². The van der Waals surface area contributed by atoms with Gasteiger partial charge < -0.3 is 10.0 Å². The number of alkyl halides is 2. The Hall–Kier alpha value is -0.770. The van der Waals surface area contributed by atoms with Gasteiger partial charge in [0.15, 0.2) is 0 Å². The second-order valence-electron chi connectivity index (χ2n) is 6.01. The molecule has 0 radical (unpaired) electrons. The van der Waals surface area contributed by atoms with Crippen LogP contribution in [-0.4, -0.2) is 32.8 Å². The Morgan fingerprint density at radius 1 is 1.38 bits per heavy atom. The quantitative estimate of drug-likeness (QED) is 0.862. The number of aliphatic hydroxyl groups excluding tert-OH is 1. The van der Waals surface area contributed by atoms with E-state index in [1.807, 2.05) is 35.2 Å². The zero-order valence-corrected chi connectivity index (χ0v) is 13.2. The average molecular weight is 328 g/mol. The first kappa shape index (κ1) is 15.1. The van der Waals surface area contributed by atoms with E-state index >= 15 is 0 Å². The SMILES string of the molecule is O=C(C1CC1(Cl)Cl)N1CCCC1CC(O)c1ccccc1. The molecule has 1 aliphatic heterocycles. The largest absolute Gasteiger partial charge is 0.388 e. The third-order valence-electron chi connectivity index (χ3n) is 4.46. The number of halogens is 2. The molecule has 1 aromatic rings. The Labute approximate surface area is 134 Å². The number of likely N-dealkylation sites (tertiary alicyclic amines) is 1. The maximum absolute atomic E-state index is 12.4. The molecule has 1 saturated carbocycles. The summed E-state index contributed by atoms with van der Waals surface area (Å²) in [4.78, 5) is 14.3. The summed E-state index contributed by atoms with van der Waals surface area (Å²) in [5, 5.41) is 10.3. The summed E-state index contributed by atoms with van der Waals surface area (Å²) in [7, 11) is 0. The smallest absolute Gasteiger partial charge is 0.229 e. The molecule has 1 amide bonds. The number of carbonyl (C=O) groups is 1. The van der Waals surface area contributed by atoms with Crippen LogP contribution in [0.3, 0.4) is 0 Å². The highest BCUT2D eigenvalue weighted by atomic mass is 35.5. The summed E-state index contributed by atoms with van der Waals surface area (Å²) < 4.78 is -0.873. The number of hydrogen-bond donors (Lipinski definition) is 1. The lowest BCUT2D eigenvalue weighted by Gasteiger charge is -2.27. The molecule has 5 heteroatoms. The van der Waals surface area contributed by atoms with Crippen molar-refractivity contribution < 1.29 is 9.90 Å². The van der Waals surface area contributed by atoms with Crippen molar-refractivity contribution in [2.75, 3.05) is 6.54 Å². The van der Waals surface area contributed by atoms with Gasteiger partial charge in [0.05, 0.1) is 12.0 Å². The predicted octanol–water partition coefficient (Wildman–Crippen LogP) is 3.29. The first-order valence-electron chi connectivity index (χ1n) is 7.40. The molecule has 1 N–H and O–H groups in total. The van der Waals surface area contributed by atoms with E-state index < -0.39 is 10.4 Å². The zero-order chi connectivity index (χ0) is 15.0. The van der Waals surface area contributed by atoms with Crippen molar-refractivity contribution in [3.05, 3.63) is 35.9 Å². The van der Waals surface area contributed by atoms with E-state index in [9.17, 15) is 9.90 Å². The van der Waals surface area contributed by atoms with Crippen LogP contribution in [0.5, 0.6) is 0 Å². The number of hydrogen-bond acceptors (Lipinski definition) is 2. The fraction of sp³-hybridized carbons (Fsp3) is 0.562. The number of aliphatic hydroxyl groups is 1. The molecule has 1 aromatic carbocycles. The van der Waals surface area contributed by atoms with E-state index in [0.717, 1.165) is 24.9 Å². The molecule has 0 aromatic heterocycles. The normalized spacial score (nSPS) is 28.4. The first-order chi connectivity index (χ1) is 9.99. The molecule has 21 heavy (non-hydrogen) atoms. The summed E-state index contributed by atoms with van der Waals surface area (Å²) in [6.45, 7) is 0.741. The van der Waals surface area contributed by atoms with Gasteiger partial charge in [-0.2, -0.15) is 0 Å². The van der Waals surface area contributed by atoms with Crippen LogP contribution in [0.2, 0.25) is 0 Å². The Bertz CT molecular complexity index is 520. The zero-order valence-electron chi connectivity index (χ0n) is 11.7. The van der Waals surface area contributed by atoms with Crippen molar-refractivity contribution in [1.82, 2.24) is 4.90 Å². The molecule has 0 spiro atoms. The molecule has 1 aliphatic carbocycles. The lowest BCUT2D eigenvalue weighted by molar-refractivity contribution is -0.133. The van der Waals surface area contributed by atoms with Crippen LogP contribution < -0.4 is 0 Å². The van der Waals surface area contributed by atoms with Gasteiger partial charge in [0, 0.05) is 12.6 Å². The van der Waals surface area contributed by atoms with E-state index in [1.54, 1.807) is 0 Å². The highest BCUT2D eigenvalue weighted by molar-refractivity contribution is 6.52. The van der Waals surface area contributed by atoms with Gasteiger partial charge in [-0.15, -0.1) is 23.2 Å². The van der Waals surface area contributed by atoms with Crippen molar-refractivity contribution in [1.29, 1.82) is 0 Å². The van der Waals surface area contributed by atoms with Gasteiger partial charge in [-0.1, -0.05) is 30.3 Å². The summed E-state index contributed by atoms with van der Waals surface area (Å²) in [6.07, 6.45) is 2.47. The Morgan fingerprint density at radius 2 is 2.05 bits per heavy atom. The van der Waals surface area contributed by atoms with E-state index in [2.05, 4.69) is 0 Å². The van der Waals surface area contributed by atoms with E-state index in [4.69, 9.17) is 23.2 Å². The average Bonchev–Trinajstić information content (AvgIpc) is 2.89. The predicted molar refractivity (Wildman–Crippen MR) is 83.3 cm³/mol. The summed E-state index contributed by atoms with van der Waals surface area (Å²) in [5.74, 6) is -0.224. The number of carbonyl (C=O) groups excluding carboxylic acids is 1. The fourth-order valence-electron chi connectivity index (χ4n) is 3.12. The Balaban J connectivity index is 1.63. The third-order valence-corrected chi connectivity index (χ3v) is 5.30. The van der Waals surface area contributed by atoms with E-state index in [1.165, 1.54) is 0 Å². The van der Waals surface area contributed by atoms with Gasteiger partial charge in [-0.25, -0.2) is 0 Å². The van der Waals surface area contributed by atoms with Gasteiger partial charge in [-0.3, -0.25) is 4.79 Å². The van der Waals surface area contributed by atoms with Crippen LogP contribution in [0.25, 0.3) is 0 Å². The lowest BCUT2D eigenvalue weighted by Crippen LogP contribution is -2.38. The molecular weight excluding hydrogens is 309 g/mol. The monoisotopic (exact) mass is 327 g/mol. The van der Waals surface area contributed by atoms with E-state index in [-0.39, 0.29) is 17.9 Å². The molecule has 0 bridgehead atoms. The molecule has 114 valence electrons. The highest BCUT2D eigenvalue weighted by Gasteiger charge is 2.58. The molecule has 3 unspecified atom stereocenters. The Morgan fingerprint density at radius 3 is 2.67 bits per heavy atom. The van der Waals surface area contributed by atoms with Crippen molar-refractivity contribution in [2.24, 2.45) is 5.92 Å². The van der Waals surface area contributed by atoms with Crippen LogP contribution in [0, 0.1) is 5.92 Å². The molecule has 2 fully saturated rings. The number of amides is 1. The minimum atomic E-state index is -0.873. The van der Waals surface area contributed by atoms with Crippen LogP contribution in [0.4, 0.5) is 0 Å². The van der Waals surface area contributed by atoms with Gasteiger partial charge >= 0.3 is 0 Å². The van der Waals surface area contributed by atoms with Crippen molar-refractivity contribution in [2.45, 2.75) is 42.2 Å². The maximum Gasteiger partial charge on any atom is 0.229 e. The minimum Gasteiger partial charge on any atom is -0.388 e. The van der Waals surface area contributed by atoms with Crippen LogP contribution in [0.15, 0.2) is 30.3 Å². The van der Waals surface area contributed by atoms with Gasteiger partial charge in [0.1, 0.15) is 4.33 Å². The van der Waals surface area contributed by atoms with E-state index in [0.29, 0.717) is 12.8 Å². The summed E-state index contributed by atoms with van der Waals surface area (Å²) in [5.41, 5.74) is 0.896. The third kappa shape index (κ3) is 3.20. The minimum absolute atomic E-state index is 0.0442. The summed E-state index contributed by atoms with van der Waals surface area (Å²) in [6, 6.07) is 9.66. The number of benzene rings is 1. The molecule has 3 nitrogen and oxygen atoms in total. The van der Waals surface area contributed by atoms with Gasteiger partial charge in [0.2, 0.25) is 5.91 Å². The maximum atomic E-state index is 12.4. The fourth-order valence-corrected chi connectivity index (χ4v) is 3.62. The molecule has 2 aliphatic rings. The summed E-state index contributed by atoms with van der Waals surface area (Å²) >= 11 is 12.0. The molecule has 3 atom stereocenters.